The summed E-state index contributed by atoms with van der Waals surface area (Å²) >= 11 is 0. The van der Waals surface area contributed by atoms with Gasteiger partial charge in [0.25, 0.3) is 5.91 Å². The summed E-state index contributed by atoms with van der Waals surface area (Å²) in [6.07, 6.45) is 5.02. The first-order valence-electron chi connectivity index (χ1n) is 10.5. The van der Waals surface area contributed by atoms with Crippen LogP contribution in [0.4, 0.5) is 0 Å². The van der Waals surface area contributed by atoms with E-state index in [-0.39, 0.29) is 34.3 Å². The molecule has 160 valence electrons. The topological polar surface area (TPSA) is 113 Å². The first-order chi connectivity index (χ1) is 15.0. The van der Waals surface area contributed by atoms with Crippen LogP contribution in [0.15, 0.2) is 42.5 Å². The zero-order valence-electron chi connectivity index (χ0n) is 17.0. The fraction of sp³-hybridized carbons (Fsp3) is 0.333. The smallest absolute Gasteiger partial charge is 0.252 e. The lowest BCUT2D eigenvalue weighted by atomic mass is 9.83. The van der Waals surface area contributed by atoms with E-state index < -0.39 is 24.5 Å². The van der Waals surface area contributed by atoms with Crippen molar-refractivity contribution in [2.24, 2.45) is 0 Å². The zero-order chi connectivity index (χ0) is 22.0. The third kappa shape index (κ3) is 4.14. The number of ketones is 2. The molecule has 1 atom stereocenters. The molecule has 31 heavy (non-hydrogen) atoms. The van der Waals surface area contributed by atoms with Gasteiger partial charge in [0.1, 0.15) is 6.04 Å². The van der Waals surface area contributed by atoms with Gasteiger partial charge in [-0.3, -0.25) is 19.2 Å². The monoisotopic (exact) mass is 420 g/mol. The number of hydrogen-bond acceptors (Lipinski definition) is 5. The van der Waals surface area contributed by atoms with E-state index >= 15 is 0 Å². The number of nitrogens with one attached hydrogen (secondary N) is 2. The summed E-state index contributed by atoms with van der Waals surface area (Å²) in [4.78, 5) is 50.8. The van der Waals surface area contributed by atoms with Gasteiger partial charge < -0.3 is 15.7 Å². The molecular formula is C24H24N2O5. The van der Waals surface area contributed by atoms with Gasteiger partial charge in [0.05, 0.1) is 6.61 Å². The van der Waals surface area contributed by atoms with Gasteiger partial charge in [-0.25, -0.2) is 0 Å². The van der Waals surface area contributed by atoms with E-state index in [1.807, 2.05) is 0 Å². The van der Waals surface area contributed by atoms with Crippen LogP contribution in [0, 0.1) is 0 Å². The standard InChI is InChI=1S/C24H24N2O5/c27-13-20(24(31)25-15-6-2-1-3-7-15)26-23(30)14-10-11-18-19(12-14)22(29)17-9-5-4-8-16(17)21(18)28/h4-5,8-12,15,20,27H,1-3,6-7,13H2,(H,25,31)(H,26,30). The Bertz CT molecular complexity index is 1060. The molecular weight excluding hydrogens is 396 g/mol. The predicted octanol–water partition coefficient (Wildman–Crippen LogP) is 2.00. The van der Waals surface area contributed by atoms with Crippen molar-refractivity contribution < 1.29 is 24.3 Å². The Morgan fingerprint density at radius 1 is 0.903 bits per heavy atom. The molecule has 1 fully saturated rings. The largest absolute Gasteiger partial charge is 0.394 e. The number of carbonyl (C=O) groups excluding carboxylic acids is 4. The predicted molar refractivity (Wildman–Crippen MR) is 113 cm³/mol. The van der Waals surface area contributed by atoms with E-state index in [2.05, 4.69) is 10.6 Å². The van der Waals surface area contributed by atoms with Crippen LogP contribution in [-0.4, -0.2) is 47.2 Å². The molecule has 1 unspecified atom stereocenters. The lowest BCUT2D eigenvalue weighted by Crippen LogP contribution is -2.51. The van der Waals surface area contributed by atoms with Crippen molar-refractivity contribution in [1.29, 1.82) is 0 Å². The summed E-state index contributed by atoms with van der Waals surface area (Å²) in [5, 5.41) is 15.0. The fourth-order valence-corrected chi connectivity index (χ4v) is 4.23. The number of rotatable bonds is 5. The van der Waals surface area contributed by atoms with Crippen LogP contribution in [0.3, 0.4) is 0 Å². The highest BCUT2D eigenvalue weighted by Gasteiger charge is 2.30. The van der Waals surface area contributed by atoms with E-state index in [1.54, 1.807) is 24.3 Å². The zero-order valence-corrected chi connectivity index (χ0v) is 17.0. The van der Waals surface area contributed by atoms with E-state index in [9.17, 15) is 24.3 Å². The first-order valence-corrected chi connectivity index (χ1v) is 10.5. The first kappa shape index (κ1) is 20.9. The molecule has 1 saturated carbocycles. The average Bonchev–Trinajstić information content (AvgIpc) is 2.81. The Kier molecular flexibility index (Phi) is 5.95. The molecule has 7 heteroatoms. The van der Waals surface area contributed by atoms with E-state index in [1.165, 1.54) is 18.2 Å². The van der Waals surface area contributed by atoms with Crippen LogP contribution in [0.2, 0.25) is 0 Å². The molecule has 0 aromatic heterocycles. The minimum absolute atomic E-state index is 0.0552. The Morgan fingerprint density at radius 3 is 2.16 bits per heavy atom. The van der Waals surface area contributed by atoms with E-state index in [0.29, 0.717) is 11.1 Å². The second-order valence-corrected chi connectivity index (χ2v) is 8.02. The summed E-state index contributed by atoms with van der Waals surface area (Å²) in [6, 6.07) is 9.81. The highest BCUT2D eigenvalue weighted by molar-refractivity contribution is 6.28. The van der Waals surface area contributed by atoms with Gasteiger partial charge in [0.2, 0.25) is 5.91 Å². The average molecular weight is 420 g/mol. The van der Waals surface area contributed by atoms with Crippen LogP contribution in [0.1, 0.15) is 74.3 Å². The van der Waals surface area contributed by atoms with Crippen molar-refractivity contribution in [2.75, 3.05) is 6.61 Å². The van der Waals surface area contributed by atoms with Crippen LogP contribution in [0.5, 0.6) is 0 Å². The number of carbonyl (C=O) groups is 4. The van der Waals surface area contributed by atoms with Crippen molar-refractivity contribution >= 4 is 23.4 Å². The van der Waals surface area contributed by atoms with Crippen molar-refractivity contribution in [3.05, 3.63) is 70.3 Å². The van der Waals surface area contributed by atoms with Gasteiger partial charge >= 0.3 is 0 Å². The van der Waals surface area contributed by atoms with Crippen molar-refractivity contribution in [1.82, 2.24) is 10.6 Å². The molecule has 0 spiro atoms. The number of fused-ring (bicyclic) bond motifs is 2. The molecule has 2 amide bonds. The fourth-order valence-electron chi connectivity index (χ4n) is 4.23. The summed E-state index contributed by atoms with van der Waals surface area (Å²) in [5.41, 5.74) is 1.19. The van der Waals surface area contributed by atoms with Crippen LogP contribution >= 0.6 is 0 Å². The Labute approximate surface area is 179 Å². The third-order valence-electron chi connectivity index (χ3n) is 5.94. The molecule has 2 aliphatic rings. The van der Waals surface area contributed by atoms with Crippen LogP contribution in [-0.2, 0) is 4.79 Å². The second-order valence-electron chi connectivity index (χ2n) is 8.02. The maximum atomic E-state index is 12.8. The molecule has 4 rings (SSSR count). The van der Waals surface area contributed by atoms with Gasteiger partial charge in [0.15, 0.2) is 11.6 Å². The highest BCUT2D eigenvalue weighted by Crippen LogP contribution is 2.28. The SMILES string of the molecule is O=C(NC(CO)C(=O)NC1CCCCC1)c1ccc2c(c1)C(=O)c1ccccc1C2=O. The molecule has 2 aromatic carbocycles. The molecule has 2 aliphatic carbocycles. The quantitative estimate of drug-likeness (QED) is 0.584. The number of amides is 2. The molecule has 2 aromatic rings. The molecule has 0 radical (unpaired) electrons. The maximum Gasteiger partial charge on any atom is 0.252 e. The molecule has 0 bridgehead atoms. The number of aliphatic hydroxyl groups is 1. The van der Waals surface area contributed by atoms with E-state index in [4.69, 9.17) is 0 Å². The maximum absolute atomic E-state index is 12.8. The third-order valence-corrected chi connectivity index (χ3v) is 5.94. The summed E-state index contributed by atoms with van der Waals surface area (Å²) in [5.74, 6) is -1.62. The number of aliphatic hydroxyl groups excluding tert-OH is 1. The van der Waals surface area contributed by atoms with Crippen LogP contribution < -0.4 is 10.6 Å². The van der Waals surface area contributed by atoms with Gasteiger partial charge in [-0.05, 0) is 31.0 Å². The minimum atomic E-state index is -1.09. The molecule has 7 nitrogen and oxygen atoms in total. The van der Waals surface area contributed by atoms with E-state index in [0.717, 1.165) is 32.1 Å². The van der Waals surface area contributed by atoms with Crippen molar-refractivity contribution in [2.45, 2.75) is 44.2 Å². The summed E-state index contributed by atoms with van der Waals surface area (Å²) < 4.78 is 0. The normalized spacial score (nSPS) is 16.8. The number of benzene rings is 2. The Hall–Kier alpha value is -3.32. The Morgan fingerprint density at radius 2 is 1.52 bits per heavy atom. The highest BCUT2D eigenvalue weighted by atomic mass is 16.3. The summed E-state index contributed by atoms with van der Waals surface area (Å²) in [6.45, 7) is -0.542. The second kappa shape index (κ2) is 8.81. The van der Waals surface area contributed by atoms with Crippen molar-refractivity contribution in [3.8, 4) is 0 Å². The molecule has 0 heterocycles. The minimum Gasteiger partial charge on any atom is -0.394 e. The molecule has 0 aliphatic heterocycles. The van der Waals surface area contributed by atoms with Gasteiger partial charge in [-0.2, -0.15) is 0 Å². The van der Waals surface area contributed by atoms with Crippen LogP contribution in [0.25, 0.3) is 0 Å². The molecule has 3 N–H and O–H groups in total. The lowest BCUT2D eigenvalue weighted by Gasteiger charge is -2.25. The summed E-state index contributed by atoms with van der Waals surface area (Å²) in [7, 11) is 0. The lowest BCUT2D eigenvalue weighted by molar-refractivity contribution is -0.124. The van der Waals surface area contributed by atoms with Gasteiger partial charge in [0, 0.05) is 33.9 Å². The van der Waals surface area contributed by atoms with Gasteiger partial charge in [-0.15, -0.1) is 0 Å². The van der Waals surface area contributed by atoms with Crippen molar-refractivity contribution in [3.63, 3.8) is 0 Å². The number of hydrogen-bond donors (Lipinski definition) is 3. The Balaban J connectivity index is 1.50. The van der Waals surface area contributed by atoms with Gasteiger partial charge in [-0.1, -0.05) is 43.5 Å². The molecule has 0 saturated heterocycles.